The third-order valence-corrected chi connectivity index (χ3v) is 5.42. The summed E-state index contributed by atoms with van der Waals surface area (Å²) in [5.41, 5.74) is -0.512. The number of carbonyl (C=O) groups is 1. The largest absolute Gasteiger partial charge is 0.495 e. The summed E-state index contributed by atoms with van der Waals surface area (Å²) in [6, 6.07) is 6.28. The van der Waals surface area contributed by atoms with E-state index in [-0.39, 0.29) is 45.9 Å². The van der Waals surface area contributed by atoms with Crippen LogP contribution in [0.2, 0.25) is 5.02 Å². The molecule has 9 nitrogen and oxygen atoms in total. The summed E-state index contributed by atoms with van der Waals surface area (Å²) in [5.74, 6) is -0.763. The zero-order chi connectivity index (χ0) is 21.6. The average Bonchev–Trinajstić information content (AvgIpc) is 2.67. The Morgan fingerprint density at radius 3 is 2.28 bits per heavy atom. The number of halogens is 1. The molecule has 11 heteroatoms. The van der Waals surface area contributed by atoms with Crippen LogP contribution in [0.1, 0.15) is 10.4 Å². The van der Waals surface area contributed by atoms with E-state index in [0.29, 0.717) is 5.75 Å². The van der Waals surface area contributed by atoms with Crippen molar-refractivity contribution in [1.82, 2.24) is 0 Å². The predicted molar refractivity (Wildman–Crippen MR) is 106 cm³/mol. The van der Waals surface area contributed by atoms with E-state index in [1.54, 1.807) is 0 Å². The van der Waals surface area contributed by atoms with Crippen molar-refractivity contribution in [2.24, 2.45) is 0 Å². The second kappa shape index (κ2) is 9.68. The van der Waals surface area contributed by atoms with Crippen molar-refractivity contribution in [2.75, 3.05) is 39.3 Å². The Morgan fingerprint density at radius 2 is 1.72 bits per heavy atom. The van der Waals surface area contributed by atoms with Crippen molar-refractivity contribution in [3.63, 3.8) is 0 Å². The third kappa shape index (κ3) is 5.43. The Labute approximate surface area is 173 Å². The molecule has 0 saturated heterocycles. The molecule has 2 N–H and O–H groups in total. The molecule has 0 aromatic heterocycles. The van der Waals surface area contributed by atoms with Gasteiger partial charge in [0.1, 0.15) is 12.4 Å². The smallest absolute Gasteiger partial charge is 0.337 e. The van der Waals surface area contributed by atoms with Gasteiger partial charge in [-0.15, -0.1) is 0 Å². The minimum atomic E-state index is -4.15. The minimum absolute atomic E-state index is 0.0900. The summed E-state index contributed by atoms with van der Waals surface area (Å²) in [5, 5.41) is 9.57. The first-order chi connectivity index (χ1) is 13.7. The molecular formula is C18H20ClNO8S. The molecule has 0 fully saturated rings. The lowest BCUT2D eigenvalue weighted by molar-refractivity contribution is 0.0697. The van der Waals surface area contributed by atoms with Gasteiger partial charge in [-0.1, -0.05) is 11.6 Å². The Morgan fingerprint density at radius 1 is 1.03 bits per heavy atom. The number of ether oxygens (including phenoxy) is 4. The van der Waals surface area contributed by atoms with Crippen LogP contribution in [0, 0.1) is 0 Å². The molecule has 29 heavy (non-hydrogen) atoms. The van der Waals surface area contributed by atoms with Crippen LogP contribution in [-0.4, -0.2) is 54.0 Å². The number of sulfonamides is 1. The van der Waals surface area contributed by atoms with E-state index in [1.807, 2.05) is 0 Å². The summed E-state index contributed by atoms with van der Waals surface area (Å²) < 4.78 is 48.3. The quantitative estimate of drug-likeness (QED) is 0.535. The molecule has 0 spiro atoms. The molecule has 0 aliphatic heterocycles. The van der Waals surface area contributed by atoms with Gasteiger partial charge in [0.05, 0.1) is 42.0 Å². The molecule has 2 aromatic carbocycles. The van der Waals surface area contributed by atoms with Gasteiger partial charge < -0.3 is 24.1 Å². The van der Waals surface area contributed by atoms with Gasteiger partial charge in [-0.05, 0) is 18.2 Å². The molecule has 158 valence electrons. The van der Waals surface area contributed by atoms with Crippen molar-refractivity contribution >= 4 is 33.3 Å². The van der Waals surface area contributed by atoms with E-state index >= 15 is 0 Å². The molecule has 0 amide bonds. The number of benzene rings is 2. The fourth-order valence-electron chi connectivity index (χ4n) is 2.35. The molecule has 0 atom stereocenters. The van der Waals surface area contributed by atoms with Crippen LogP contribution in [0.3, 0.4) is 0 Å². The summed E-state index contributed by atoms with van der Waals surface area (Å²) in [4.78, 5) is 11.5. The number of hydrogen-bond acceptors (Lipinski definition) is 7. The second-order valence-electron chi connectivity index (χ2n) is 5.60. The first kappa shape index (κ1) is 22.6. The number of methoxy groups -OCH3 is 3. The summed E-state index contributed by atoms with van der Waals surface area (Å²) >= 11 is 6.00. The molecular weight excluding hydrogens is 426 g/mol. The third-order valence-electron chi connectivity index (χ3n) is 3.76. The van der Waals surface area contributed by atoms with Crippen LogP contribution >= 0.6 is 11.6 Å². The number of anilines is 1. The lowest BCUT2D eigenvalue weighted by Gasteiger charge is -2.16. The van der Waals surface area contributed by atoms with E-state index in [1.165, 1.54) is 51.7 Å². The average molecular weight is 446 g/mol. The van der Waals surface area contributed by atoms with Crippen molar-refractivity contribution in [3.05, 3.63) is 40.9 Å². The molecule has 0 bridgehead atoms. The fraction of sp³-hybridized carbons (Fsp3) is 0.278. The second-order valence-corrected chi connectivity index (χ2v) is 7.69. The van der Waals surface area contributed by atoms with Crippen molar-refractivity contribution in [3.8, 4) is 17.2 Å². The number of carboxylic acids is 1. The van der Waals surface area contributed by atoms with Crippen molar-refractivity contribution in [2.45, 2.75) is 4.90 Å². The Balaban J connectivity index is 2.47. The van der Waals surface area contributed by atoms with Gasteiger partial charge in [-0.3, -0.25) is 4.72 Å². The molecule has 2 aromatic rings. The molecule has 0 heterocycles. The van der Waals surface area contributed by atoms with E-state index in [9.17, 15) is 18.3 Å². The van der Waals surface area contributed by atoms with Crippen molar-refractivity contribution < 1.29 is 37.3 Å². The summed E-state index contributed by atoms with van der Waals surface area (Å²) in [6.45, 7) is 0.425. The summed E-state index contributed by atoms with van der Waals surface area (Å²) in [6.07, 6.45) is 0. The van der Waals surface area contributed by atoms with Crippen LogP contribution in [0.15, 0.2) is 35.2 Å². The molecule has 0 aliphatic carbocycles. The van der Waals surface area contributed by atoms with Crippen LogP contribution in [0.25, 0.3) is 0 Å². The SMILES string of the molecule is COCCOc1cc(NS(=O)(=O)c2ccc(OC)c(Cl)c2)c(C(=O)O)cc1OC. The number of hydrogen-bond donors (Lipinski definition) is 2. The van der Waals surface area contributed by atoms with Crippen LogP contribution in [0.5, 0.6) is 17.2 Å². The van der Waals surface area contributed by atoms with E-state index in [2.05, 4.69) is 4.72 Å². The van der Waals surface area contributed by atoms with E-state index in [0.717, 1.165) is 0 Å². The molecule has 0 radical (unpaired) electrons. The molecule has 0 aliphatic rings. The normalized spacial score (nSPS) is 11.0. The zero-order valence-corrected chi connectivity index (χ0v) is 17.5. The van der Waals surface area contributed by atoms with Gasteiger partial charge in [-0.2, -0.15) is 0 Å². The van der Waals surface area contributed by atoms with Gasteiger partial charge >= 0.3 is 5.97 Å². The topological polar surface area (TPSA) is 120 Å². The zero-order valence-electron chi connectivity index (χ0n) is 15.9. The number of nitrogens with one attached hydrogen (secondary N) is 1. The predicted octanol–water partition coefficient (Wildman–Crippen LogP) is 2.88. The monoisotopic (exact) mass is 445 g/mol. The lowest BCUT2D eigenvalue weighted by atomic mass is 10.1. The molecule has 0 unspecified atom stereocenters. The number of carboxylic acid groups (broad SMARTS) is 1. The maximum absolute atomic E-state index is 12.8. The lowest BCUT2D eigenvalue weighted by Crippen LogP contribution is -2.16. The highest BCUT2D eigenvalue weighted by molar-refractivity contribution is 7.92. The first-order valence-corrected chi connectivity index (χ1v) is 10.0. The Kier molecular flexibility index (Phi) is 7.54. The molecule has 0 saturated carbocycles. The number of rotatable bonds is 10. The maximum atomic E-state index is 12.8. The Bertz CT molecular complexity index is 994. The van der Waals surface area contributed by atoms with Gasteiger partial charge in [-0.25, -0.2) is 13.2 Å². The first-order valence-electron chi connectivity index (χ1n) is 8.17. The van der Waals surface area contributed by atoms with E-state index < -0.39 is 16.0 Å². The summed E-state index contributed by atoms with van der Waals surface area (Å²) in [7, 11) is 0.0797. The van der Waals surface area contributed by atoms with E-state index in [4.69, 9.17) is 30.5 Å². The maximum Gasteiger partial charge on any atom is 0.337 e. The van der Waals surface area contributed by atoms with Gasteiger partial charge in [0, 0.05) is 19.2 Å². The van der Waals surface area contributed by atoms with Crippen LogP contribution in [-0.2, 0) is 14.8 Å². The highest BCUT2D eigenvalue weighted by Crippen LogP contribution is 2.35. The fourth-order valence-corrected chi connectivity index (χ4v) is 3.77. The van der Waals surface area contributed by atoms with Crippen LogP contribution < -0.4 is 18.9 Å². The van der Waals surface area contributed by atoms with Crippen molar-refractivity contribution in [1.29, 1.82) is 0 Å². The standard InChI is InChI=1S/C18H20ClNO8S/c1-25-6-7-28-17-10-14(12(18(21)22)9-16(17)27-3)20-29(23,24)11-4-5-15(26-2)13(19)8-11/h4-5,8-10,20H,6-7H2,1-3H3,(H,21,22). The number of aromatic carboxylic acids is 1. The van der Waals surface area contributed by atoms with Gasteiger partial charge in [0.2, 0.25) is 0 Å². The minimum Gasteiger partial charge on any atom is -0.495 e. The Hall–Kier alpha value is -2.69. The highest BCUT2D eigenvalue weighted by Gasteiger charge is 2.23. The van der Waals surface area contributed by atoms with Gasteiger partial charge in [0.25, 0.3) is 10.0 Å². The highest BCUT2D eigenvalue weighted by atomic mass is 35.5. The molecule has 2 rings (SSSR count). The van der Waals surface area contributed by atoms with Gasteiger partial charge in [0.15, 0.2) is 11.5 Å². The van der Waals surface area contributed by atoms with Crippen LogP contribution in [0.4, 0.5) is 5.69 Å².